The summed E-state index contributed by atoms with van der Waals surface area (Å²) in [5.74, 6) is 0. The van der Waals surface area contributed by atoms with Crippen molar-refractivity contribution in [3.63, 3.8) is 0 Å². The van der Waals surface area contributed by atoms with Crippen molar-refractivity contribution in [1.29, 1.82) is 0 Å². The molecule has 0 bridgehead atoms. The van der Waals surface area contributed by atoms with Crippen LogP contribution in [0.15, 0.2) is 12.2 Å². The van der Waals surface area contributed by atoms with Gasteiger partial charge in [0.25, 0.3) is 0 Å². The number of allylic oxidation sites excluding steroid dienone is 1. The third-order valence-electron chi connectivity index (χ3n) is 2.34. The quantitative estimate of drug-likeness (QED) is 0.610. The summed E-state index contributed by atoms with van der Waals surface area (Å²) < 4.78 is 5.62. The molecule has 2 N–H and O–H groups in total. The molecule has 0 aliphatic carbocycles. The van der Waals surface area contributed by atoms with Crippen molar-refractivity contribution < 1.29 is 4.74 Å². The van der Waals surface area contributed by atoms with Crippen LogP contribution in [0.1, 0.15) is 46.5 Å². The van der Waals surface area contributed by atoms with Crippen molar-refractivity contribution in [2.45, 2.75) is 58.6 Å². The fourth-order valence-electron chi connectivity index (χ4n) is 1.52. The van der Waals surface area contributed by atoms with Crippen molar-refractivity contribution >= 4 is 0 Å². The van der Waals surface area contributed by atoms with Crippen LogP contribution in [0.2, 0.25) is 0 Å². The topological polar surface area (TPSA) is 35.2 Å². The van der Waals surface area contributed by atoms with Crippen LogP contribution in [0.3, 0.4) is 0 Å². The molecule has 84 valence electrons. The third-order valence-corrected chi connectivity index (χ3v) is 2.34. The number of rotatable bonds is 8. The summed E-state index contributed by atoms with van der Waals surface area (Å²) >= 11 is 0. The molecule has 0 aromatic rings. The zero-order valence-corrected chi connectivity index (χ0v) is 9.88. The van der Waals surface area contributed by atoms with Gasteiger partial charge >= 0.3 is 0 Å². The molecular formula is C12H25NO. The van der Waals surface area contributed by atoms with Crippen molar-refractivity contribution in [2.24, 2.45) is 5.73 Å². The van der Waals surface area contributed by atoms with Gasteiger partial charge in [0.2, 0.25) is 0 Å². The van der Waals surface area contributed by atoms with Gasteiger partial charge in [0.15, 0.2) is 0 Å². The van der Waals surface area contributed by atoms with Gasteiger partial charge in [0.1, 0.15) is 0 Å². The van der Waals surface area contributed by atoms with E-state index in [0.717, 1.165) is 32.3 Å². The minimum atomic E-state index is 0.159. The van der Waals surface area contributed by atoms with Crippen molar-refractivity contribution in [3.05, 3.63) is 12.2 Å². The molecule has 2 nitrogen and oxygen atoms in total. The minimum Gasteiger partial charge on any atom is -0.377 e. The van der Waals surface area contributed by atoms with Crippen molar-refractivity contribution in [1.82, 2.24) is 0 Å². The molecule has 0 aliphatic rings. The Balaban J connectivity index is 3.86. The van der Waals surface area contributed by atoms with Crippen LogP contribution in [0, 0.1) is 0 Å². The van der Waals surface area contributed by atoms with Crippen LogP contribution in [0.5, 0.6) is 0 Å². The lowest BCUT2D eigenvalue weighted by atomic mass is 10.0. The first-order chi connectivity index (χ1) is 6.61. The van der Waals surface area contributed by atoms with E-state index in [9.17, 15) is 0 Å². The summed E-state index contributed by atoms with van der Waals surface area (Å²) in [6, 6.07) is 0.159. The molecule has 0 saturated heterocycles. The average Bonchev–Trinajstić information content (AvgIpc) is 2.14. The fourth-order valence-corrected chi connectivity index (χ4v) is 1.52. The zero-order valence-electron chi connectivity index (χ0n) is 9.88. The van der Waals surface area contributed by atoms with E-state index >= 15 is 0 Å². The van der Waals surface area contributed by atoms with E-state index < -0.39 is 0 Å². The van der Waals surface area contributed by atoms with E-state index in [2.05, 4.69) is 13.5 Å². The monoisotopic (exact) mass is 199 g/mol. The molecule has 2 atom stereocenters. The standard InChI is InChI=1S/C12H25NO/c1-5-7-12(14-6-2)11(13)9-8-10(3)4/h11-12H,3,5-9,13H2,1-2,4H3. The van der Waals surface area contributed by atoms with Crippen LogP contribution < -0.4 is 5.73 Å². The van der Waals surface area contributed by atoms with Gasteiger partial charge in [0, 0.05) is 12.6 Å². The van der Waals surface area contributed by atoms with Gasteiger partial charge in [-0.05, 0) is 33.1 Å². The molecule has 0 aromatic carbocycles. The Kier molecular flexibility index (Phi) is 7.81. The summed E-state index contributed by atoms with van der Waals surface area (Å²) in [6.45, 7) is 10.9. The summed E-state index contributed by atoms with van der Waals surface area (Å²) in [5.41, 5.74) is 7.27. The highest BCUT2D eigenvalue weighted by Crippen LogP contribution is 2.12. The highest BCUT2D eigenvalue weighted by atomic mass is 16.5. The van der Waals surface area contributed by atoms with E-state index in [1.807, 2.05) is 13.8 Å². The maximum Gasteiger partial charge on any atom is 0.0725 e. The number of hydrogen-bond donors (Lipinski definition) is 1. The molecule has 0 radical (unpaired) electrons. The predicted molar refractivity (Wildman–Crippen MR) is 62.3 cm³/mol. The first-order valence-corrected chi connectivity index (χ1v) is 5.63. The molecular weight excluding hydrogens is 174 g/mol. The first-order valence-electron chi connectivity index (χ1n) is 5.63. The summed E-state index contributed by atoms with van der Waals surface area (Å²) in [4.78, 5) is 0. The number of hydrogen-bond acceptors (Lipinski definition) is 2. The maximum atomic E-state index is 6.07. The second-order valence-corrected chi connectivity index (χ2v) is 3.94. The Morgan fingerprint density at radius 3 is 2.43 bits per heavy atom. The van der Waals surface area contributed by atoms with E-state index in [0.29, 0.717) is 0 Å². The van der Waals surface area contributed by atoms with Gasteiger partial charge < -0.3 is 10.5 Å². The Labute approximate surface area is 88.5 Å². The van der Waals surface area contributed by atoms with Gasteiger partial charge in [-0.15, -0.1) is 6.58 Å². The minimum absolute atomic E-state index is 0.159. The zero-order chi connectivity index (χ0) is 11.0. The first kappa shape index (κ1) is 13.7. The maximum absolute atomic E-state index is 6.07. The molecule has 0 amide bonds. The van der Waals surface area contributed by atoms with Gasteiger partial charge in [0.05, 0.1) is 6.10 Å². The normalized spacial score (nSPS) is 15.1. The fraction of sp³-hybridized carbons (Fsp3) is 0.833. The molecule has 0 aliphatic heterocycles. The Morgan fingerprint density at radius 2 is 2.00 bits per heavy atom. The Bertz CT molecular complexity index is 150. The van der Waals surface area contributed by atoms with E-state index in [4.69, 9.17) is 10.5 Å². The third kappa shape index (κ3) is 6.17. The van der Waals surface area contributed by atoms with Crippen LogP contribution >= 0.6 is 0 Å². The Hall–Kier alpha value is -0.340. The average molecular weight is 199 g/mol. The summed E-state index contributed by atoms with van der Waals surface area (Å²) in [7, 11) is 0. The van der Waals surface area contributed by atoms with Gasteiger partial charge in [-0.1, -0.05) is 18.9 Å². The summed E-state index contributed by atoms with van der Waals surface area (Å²) in [6.07, 6.45) is 4.41. The smallest absolute Gasteiger partial charge is 0.0725 e. The SMILES string of the molecule is C=C(C)CCC(N)C(CCC)OCC. The van der Waals surface area contributed by atoms with Gasteiger partial charge in [-0.2, -0.15) is 0 Å². The second kappa shape index (κ2) is 8.01. The summed E-state index contributed by atoms with van der Waals surface area (Å²) in [5, 5.41) is 0. The Morgan fingerprint density at radius 1 is 1.36 bits per heavy atom. The molecule has 0 fully saturated rings. The van der Waals surface area contributed by atoms with E-state index in [1.54, 1.807) is 0 Å². The predicted octanol–water partition coefficient (Wildman–Crippen LogP) is 2.88. The highest BCUT2D eigenvalue weighted by Gasteiger charge is 2.16. The molecule has 2 heteroatoms. The van der Waals surface area contributed by atoms with Gasteiger partial charge in [-0.25, -0.2) is 0 Å². The number of nitrogens with two attached hydrogens (primary N) is 1. The van der Waals surface area contributed by atoms with Crippen LogP contribution in [-0.2, 0) is 4.74 Å². The second-order valence-electron chi connectivity index (χ2n) is 3.94. The molecule has 0 aromatic heterocycles. The van der Waals surface area contributed by atoms with Crippen LogP contribution in [-0.4, -0.2) is 18.8 Å². The lowest BCUT2D eigenvalue weighted by Crippen LogP contribution is -2.36. The van der Waals surface area contributed by atoms with Crippen LogP contribution in [0.4, 0.5) is 0 Å². The van der Waals surface area contributed by atoms with Crippen molar-refractivity contribution in [2.75, 3.05) is 6.61 Å². The molecule has 0 spiro atoms. The highest BCUT2D eigenvalue weighted by molar-refractivity contribution is 4.90. The molecule has 14 heavy (non-hydrogen) atoms. The molecule has 0 heterocycles. The van der Waals surface area contributed by atoms with E-state index in [-0.39, 0.29) is 12.1 Å². The van der Waals surface area contributed by atoms with Crippen molar-refractivity contribution in [3.8, 4) is 0 Å². The lowest BCUT2D eigenvalue weighted by molar-refractivity contribution is 0.0359. The molecule has 0 rings (SSSR count). The van der Waals surface area contributed by atoms with Crippen LogP contribution in [0.25, 0.3) is 0 Å². The largest absolute Gasteiger partial charge is 0.377 e. The molecule has 2 unspecified atom stereocenters. The van der Waals surface area contributed by atoms with Gasteiger partial charge in [-0.3, -0.25) is 0 Å². The lowest BCUT2D eigenvalue weighted by Gasteiger charge is -2.23. The number of ether oxygens (including phenoxy) is 1. The molecule has 0 saturated carbocycles. The van der Waals surface area contributed by atoms with E-state index in [1.165, 1.54) is 5.57 Å².